The fourth-order valence-electron chi connectivity index (χ4n) is 3.11. The highest BCUT2D eigenvalue weighted by Gasteiger charge is 2.18. The third-order valence-corrected chi connectivity index (χ3v) is 4.39. The van der Waals surface area contributed by atoms with Crippen LogP contribution >= 0.6 is 0 Å². The third-order valence-electron chi connectivity index (χ3n) is 4.39. The number of Topliss-reactive ketones (excluding diaryl/α,β-unsaturated/α-hetero) is 1. The predicted molar refractivity (Wildman–Crippen MR) is 117 cm³/mol. The molecule has 0 saturated heterocycles. The van der Waals surface area contributed by atoms with E-state index in [4.69, 9.17) is 10.1 Å². The van der Waals surface area contributed by atoms with Gasteiger partial charge in [0.2, 0.25) is 0 Å². The Hall–Kier alpha value is -3.48. The highest BCUT2D eigenvalue weighted by molar-refractivity contribution is 6.45. The van der Waals surface area contributed by atoms with Gasteiger partial charge in [0.25, 0.3) is 0 Å². The third kappa shape index (κ3) is 4.92. The maximum atomic E-state index is 12.0. The number of carbonyl (C=O) groups is 2. The summed E-state index contributed by atoms with van der Waals surface area (Å²) in [4.78, 5) is 28.4. The van der Waals surface area contributed by atoms with Crippen molar-refractivity contribution >= 4 is 28.8 Å². The van der Waals surface area contributed by atoms with Crippen molar-refractivity contribution in [3.8, 4) is 11.1 Å². The highest BCUT2D eigenvalue weighted by Crippen LogP contribution is 2.27. The van der Waals surface area contributed by atoms with Crippen LogP contribution in [-0.2, 0) is 14.3 Å². The van der Waals surface area contributed by atoms with Gasteiger partial charge in [-0.15, -0.1) is 0 Å². The van der Waals surface area contributed by atoms with E-state index in [-0.39, 0.29) is 18.0 Å². The van der Waals surface area contributed by atoms with Crippen molar-refractivity contribution in [2.75, 3.05) is 11.9 Å². The van der Waals surface area contributed by atoms with E-state index in [0.717, 1.165) is 22.5 Å². The van der Waals surface area contributed by atoms with E-state index < -0.39 is 11.6 Å². The van der Waals surface area contributed by atoms with Gasteiger partial charge < -0.3 is 14.5 Å². The lowest BCUT2D eigenvalue weighted by atomic mass is 9.98. The molecule has 0 atom stereocenters. The average Bonchev–Trinajstić information content (AvgIpc) is 3.03. The molecule has 0 fully saturated rings. The number of hydrogen-bond donors (Lipinski definition) is 2. The zero-order valence-corrected chi connectivity index (χ0v) is 17.9. The van der Waals surface area contributed by atoms with Crippen molar-refractivity contribution in [1.82, 2.24) is 9.38 Å². The number of pyridine rings is 1. The van der Waals surface area contributed by atoms with Gasteiger partial charge in [-0.1, -0.05) is 6.07 Å². The first-order valence-corrected chi connectivity index (χ1v) is 9.69. The van der Waals surface area contributed by atoms with Crippen LogP contribution in [0.25, 0.3) is 16.8 Å². The lowest BCUT2D eigenvalue weighted by Crippen LogP contribution is -2.28. The van der Waals surface area contributed by atoms with E-state index in [2.05, 4.69) is 10.3 Å². The van der Waals surface area contributed by atoms with Crippen LogP contribution in [0.5, 0.6) is 0 Å². The summed E-state index contributed by atoms with van der Waals surface area (Å²) in [5.74, 6) is -0.763. The molecule has 3 rings (SSSR count). The van der Waals surface area contributed by atoms with Crippen LogP contribution in [0.3, 0.4) is 0 Å². The Balaban J connectivity index is 1.93. The maximum Gasteiger partial charge on any atom is 0.325 e. The van der Waals surface area contributed by atoms with E-state index in [1.165, 1.54) is 6.92 Å². The number of aromatic nitrogens is 2. The molecule has 0 aliphatic heterocycles. The van der Waals surface area contributed by atoms with E-state index >= 15 is 0 Å². The average molecular weight is 406 g/mol. The van der Waals surface area contributed by atoms with Gasteiger partial charge in [-0.25, -0.2) is 4.98 Å². The Morgan fingerprint density at radius 1 is 1.13 bits per heavy atom. The van der Waals surface area contributed by atoms with Crippen LogP contribution in [0.1, 0.15) is 39.0 Å². The summed E-state index contributed by atoms with van der Waals surface area (Å²) in [5, 5.41) is 11.2. The molecule has 2 aromatic heterocycles. The number of anilines is 1. The molecule has 2 N–H and O–H groups in total. The number of nitrogens with one attached hydrogen (secondary N) is 2. The molecule has 0 amide bonds. The van der Waals surface area contributed by atoms with Crippen molar-refractivity contribution in [2.45, 2.75) is 40.2 Å². The van der Waals surface area contributed by atoms with Gasteiger partial charge in [-0.2, -0.15) is 0 Å². The molecule has 7 nitrogen and oxygen atoms in total. The fourth-order valence-corrected chi connectivity index (χ4v) is 3.11. The number of imidazole rings is 1. The molecular weight excluding hydrogens is 380 g/mol. The van der Waals surface area contributed by atoms with Gasteiger partial charge >= 0.3 is 5.97 Å². The van der Waals surface area contributed by atoms with E-state index in [9.17, 15) is 9.59 Å². The van der Waals surface area contributed by atoms with Gasteiger partial charge in [-0.05, 0) is 63.1 Å². The molecule has 0 radical (unpaired) electrons. The lowest BCUT2D eigenvalue weighted by Gasteiger charge is -2.20. The van der Waals surface area contributed by atoms with Crippen molar-refractivity contribution in [1.29, 1.82) is 5.41 Å². The Kier molecular flexibility index (Phi) is 5.73. The first kappa shape index (κ1) is 21.2. The largest absolute Gasteiger partial charge is 0.459 e. The smallest absolute Gasteiger partial charge is 0.325 e. The first-order valence-electron chi connectivity index (χ1n) is 9.69. The van der Waals surface area contributed by atoms with Gasteiger partial charge in [0.05, 0.1) is 5.69 Å². The minimum Gasteiger partial charge on any atom is -0.459 e. The Morgan fingerprint density at radius 2 is 1.83 bits per heavy atom. The van der Waals surface area contributed by atoms with E-state index in [1.807, 2.05) is 41.9 Å². The molecular formula is C23H26N4O3. The zero-order valence-electron chi connectivity index (χ0n) is 17.9. The number of benzene rings is 1. The van der Waals surface area contributed by atoms with Gasteiger partial charge in [0.1, 0.15) is 23.5 Å². The summed E-state index contributed by atoms with van der Waals surface area (Å²) in [6.07, 6.45) is 3.90. The van der Waals surface area contributed by atoms with Gasteiger partial charge in [0.15, 0.2) is 5.78 Å². The van der Waals surface area contributed by atoms with E-state index in [0.29, 0.717) is 11.3 Å². The standard InChI is InChI=1S/C23H26N4O3/c1-14-12-27-13-17(7-9-20(27)26-14)16-6-8-19(18(10-16)22(24)15(2)28)25-11-21(29)30-23(3,4)5/h6-10,12-13,24-25H,11H2,1-5H3. The first-order chi connectivity index (χ1) is 14.0. The Bertz CT molecular complexity index is 1140. The molecule has 2 heterocycles. The molecule has 1 aromatic carbocycles. The number of carbonyl (C=O) groups excluding carboxylic acids is 2. The van der Waals surface area contributed by atoms with Crippen LogP contribution < -0.4 is 5.32 Å². The number of aryl methyl sites for hydroxylation is 1. The maximum absolute atomic E-state index is 12.0. The second-order valence-electron chi connectivity index (χ2n) is 8.20. The summed E-state index contributed by atoms with van der Waals surface area (Å²) in [6.45, 7) is 8.63. The minimum absolute atomic E-state index is 0.0604. The highest BCUT2D eigenvalue weighted by atomic mass is 16.6. The summed E-state index contributed by atoms with van der Waals surface area (Å²) in [7, 11) is 0. The number of ether oxygens (including phenoxy) is 1. The second-order valence-corrected chi connectivity index (χ2v) is 8.20. The monoisotopic (exact) mass is 406 g/mol. The molecule has 156 valence electrons. The molecule has 30 heavy (non-hydrogen) atoms. The molecule has 0 bridgehead atoms. The van der Waals surface area contributed by atoms with Crippen LogP contribution in [-0.4, -0.2) is 39.0 Å². The number of nitrogens with zero attached hydrogens (tertiary/aromatic N) is 2. The normalized spacial score (nSPS) is 11.4. The quantitative estimate of drug-likeness (QED) is 0.476. The summed E-state index contributed by atoms with van der Waals surface area (Å²) < 4.78 is 7.25. The summed E-state index contributed by atoms with van der Waals surface area (Å²) in [5.41, 5.74) is 3.82. The predicted octanol–water partition coefficient (Wildman–Crippen LogP) is 4.02. The SMILES string of the molecule is CC(=O)C(=N)c1cc(-c2ccc3nc(C)cn3c2)ccc1NCC(=O)OC(C)(C)C. The second kappa shape index (κ2) is 8.10. The van der Waals surface area contributed by atoms with Crippen molar-refractivity contribution in [3.05, 3.63) is 54.0 Å². The zero-order chi connectivity index (χ0) is 22.1. The number of hydrogen-bond acceptors (Lipinski definition) is 6. The fraction of sp³-hybridized carbons (Fsp3) is 0.304. The minimum atomic E-state index is -0.581. The lowest BCUT2D eigenvalue weighted by molar-refractivity contribution is -0.152. The van der Waals surface area contributed by atoms with Crippen molar-refractivity contribution < 1.29 is 14.3 Å². The van der Waals surface area contributed by atoms with Crippen LogP contribution in [0.4, 0.5) is 5.69 Å². The molecule has 0 spiro atoms. The van der Waals surface area contributed by atoms with Crippen molar-refractivity contribution in [2.24, 2.45) is 0 Å². The molecule has 0 saturated carbocycles. The van der Waals surface area contributed by atoms with E-state index in [1.54, 1.807) is 32.9 Å². The molecule has 0 aliphatic carbocycles. The topological polar surface area (TPSA) is 96.5 Å². The molecule has 7 heteroatoms. The number of ketones is 1. The number of esters is 1. The molecule has 0 aliphatic rings. The van der Waals surface area contributed by atoms with Crippen LogP contribution in [0.15, 0.2) is 42.7 Å². The van der Waals surface area contributed by atoms with Crippen LogP contribution in [0, 0.1) is 12.3 Å². The molecule has 3 aromatic rings. The Morgan fingerprint density at radius 3 is 2.50 bits per heavy atom. The molecule has 0 unspecified atom stereocenters. The summed E-state index contributed by atoms with van der Waals surface area (Å²) in [6, 6.07) is 9.32. The van der Waals surface area contributed by atoms with Crippen LogP contribution in [0.2, 0.25) is 0 Å². The van der Waals surface area contributed by atoms with Gasteiger partial charge in [0, 0.05) is 30.6 Å². The van der Waals surface area contributed by atoms with Crippen molar-refractivity contribution in [3.63, 3.8) is 0 Å². The Labute approximate surface area is 175 Å². The number of rotatable bonds is 6. The van der Waals surface area contributed by atoms with Gasteiger partial charge in [-0.3, -0.25) is 15.0 Å². The number of fused-ring (bicyclic) bond motifs is 1. The summed E-state index contributed by atoms with van der Waals surface area (Å²) >= 11 is 0.